The third-order valence-corrected chi connectivity index (χ3v) is 6.01. The topological polar surface area (TPSA) is 125 Å². The number of rotatable bonds is 7. The van der Waals surface area contributed by atoms with Crippen LogP contribution in [0.2, 0.25) is 10.0 Å². The third-order valence-electron chi connectivity index (χ3n) is 5.34. The average Bonchev–Trinajstić information content (AvgIpc) is 3.39. The van der Waals surface area contributed by atoms with Gasteiger partial charge in [0.25, 0.3) is 11.8 Å². The molecule has 0 aromatic heterocycles. The Hall–Kier alpha value is -2.56. The highest BCUT2D eigenvalue weighted by Crippen LogP contribution is 2.22. The minimum Gasteiger partial charge on any atom is -0.480 e. The van der Waals surface area contributed by atoms with Crippen molar-refractivity contribution in [3.05, 3.63) is 56.6 Å². The molecule has 2 amide bonds. The van der Waals surface area contributed by atoms with Crippen LogP contribution < -0.4 is 16.2 Å². The Labute approximate surface area is 200 Å². The number of hydrogen-bond donors (Lipinski definition) is 3. The molecule has 1 radical (unpaired) electrons. The molecule has 169 valence electrons. The van der Waals surface area contributed by atoms with Crippen LogP contribution in [-0.2, 0) is 27.3 Å². The summed E-state index contributed by atoms with van der Waals surface area (Å²) in [7, 11) is 0.333. The summed E-state index contributed by atoms with van der Waals surface area (Å²) < 4.78 is 10.3. The summed E-state index contributed by atoms with van der Waals surface area (Å²) in [6, 6.07) is 6.00. The number of carboxylic acid groups (broad SMARTS) is 1. The first kappa shape index (κ1) is 23.6. The first-order valence-corrected chi connectivity index (χ1v) is 10.7. The van der Waals surface area contributed by atoms with Gasteiger partial charge in [0, 0.05) is 34.3 Å². The zero-order valence-corrected chi connectivity index (χ0v) is 18.7. The van der Waals surface area contributed by atoms with Crippen molar-refractivity contribution in [2.45, 2.75) is 13.2 Å². The van der Waals surface area contributed by atoms with E-state index in [4.69, 9.17) is 32.5 Å². The number of halogens is 2. The lowest BCUT2D eigenvalue weighted by Crippen LogP contribution is -2.41. The molecule has 2 aliphatic rings. The SMILES string of the molecule is O=C(O)CN(CCNC(=O)c1cc(Cl)c2c(c1)B(O)OC2)C(=O)c1cc(Cl)c2c(c1)[B]OC2. The van der Waals surface area contributed by atoms with E-state index < -0.39 is 31.4 Å². The Morgan fingerprint density at radius 1 is 1.09 bits per heavy atom. The van der Waals surface area contributed by atoms with Crippen molar-refractivity contribution in [3.63, 3.8) is 0 Å². The number of hydrogen-bond acceptors (Lipinski definition) is 6. The molecule has 13 heteroatoms. The molecular weight excluding hydrogens is 473 g/mol. The lowest BCUT2D eigenvalue weighted by molar-refractivity contribution is -0.137. The Kier molecular flexibility index (Phi) is 6.96. The molecule has 0 fully saturated rings. The lowest BCUT2D eigenvalue weighted by Gasteiger charge is -2.21. The number of fused-ring (bicyclic) bond motifs is 2. The van der Waals surface area contributed by atoms with Gasteiger partial charge in [0.1, 0.15) is 6.54 Å². The molecule has 0 saturated carbocycles. The molecule has 3 N–H and O–H groups in total. The number of benzene rings is 2. The number of carbonyl (C=O) groups excluding carboxylic acids is 2. The van der Waals surface area contributed by atoms with Crippen LogP contribution in [0.4, 0.5) is 0 Å². The first-order chi connectivity index (χ1) is 15.7. The van der Waals surface area contributed by atoms with E-state index in [9.17, 15) is 24.5 Å². The zero-order chi connectivity index (χ0) is 23.7. The van der Waals surface area contributed by atoms with E-state index in [1.165, 1.54) is 25.7 Å². The van der Waals surface area contributed by atoms with E-state index in [0.717, 1.165) is 10.5 Å². The van der Waals surface area contributed by atoms with Gasteiger partial charge in [-0.25, -0.2) is 0 Å². The highest BCUT2D eigenvalue weighted by molar-refractivity contribution is 6.62. The van der Waals surface area contributed by atoms with E-state index in [2.05, 4.69) is 5.32 Å². The van der Waals surface area contributed by atoms with E-state index in [0.29, 0.717) is 33.1 Å². The molecule has 2 aliphatic heterocycles. The number of amides is 2. The van der Waals surface area contributed by atoms with Crippen molar-refractivity contribution in [2.75, 3.05) is 19.6 Å². The van der Waals surface area contributed by atoms with E-state index in [-0.39, 0.29) is 30.8 Å². The van der Waals surface area contributed by atoms with Gasteiger partial charge in [0.15, 0.2) is 0 Å². The van der Waals surface area contributed by atoms with Gasteiger partial charge < -0.3 is 29.7 Å². The summed E-state index contributed by atoms with van der Waals surface area (Å²) in [5.74, 6) is -2.23. The summed E-state index contributed by atoms with van der Waals surface area (Å²) >= 11 is 12.4. The zero-order valence-electron chi connectivity index (χ0n) is 17.1. The molecule has 0 saturated heterocycles. The van der Waals surface area contributed by atoms with E-state index >= 15 is 0 Å². The third kappa shape index (κ3) is 5.02. The molecule has 0 bridgehead atoms. The van der Waals surface area contributed by atoms with Crippen LogP contribution in [0.25, 0.3) is 0 Å². The summed E-state index contributed by atoms with van der Waals surface area (Å²) in [4.78, 5) is 37.9. The van der Waals surface area contributed by atoms with E-state index in [1.54, 1.807) is 6.07 Å². The fourth-order valence-electron chi connectivity index (χ4n) is 3.67. The standard InChI is InChI=1S/C20H17B2Cl2N2O7/c23-16-6-11(3-14-12(16)8-32-21-14)20(30)26(7-18(27)28)2-1-25-19(29)10-4-15-13(17(24)5-10)9-33-22(15)31/h3-6,31H,1-2,7-9H2,(H,25,29)(H,27,28). The quantitative estimate of drug-likeness (QED) is 0.465. The van der Waals surface area contributed by atoms with Crippen LogP contribution >= 0.6 is 23.2 Å². The number of aliphatic carboxylic acids is 1. The van der Waals surface area contributed by atoms with Gasteiger partial charge in [0.2, 0.25) is 0 Å². The molecule has 0 aliphatic carbocycles. The monoisotopic (exact) mass is 489 g/mol. The molecule has 9 nitrogen and oxygen atoms in total. The van der Waals surface area contributed by atoms with Crippen molar-refractivity contribution in [3.8, 4) is 0 Å². The first-order valence-electron chi connectivity index (χ1n) is 9.93. The summed E-state index contributed by atoms with van der Waals surface area (Å²) in [5.41, 5.74) is 2.88. The summed E-state index contributed by atoms with van der Waals surface area (Å²) in [6.07, 6.45) is 0. The fourth-order valence-corrected chi connectivity index (χ4v) is 4.23. The normalized spacial score (nSPS) is 13.8. The Morgan fingerprint density at radius 3 is 2.58 bits per heavy atom. The Morgan fingerprint density at radius 2 is 1.82 bits per heavy atom. The van der Waals surface area contributed by atoms with Crippen LogP contribution in [0, 0.1) is 0 Å². The molecule has 2 aromatic rings. The lowest BCUT2D eigenvalue weighted by atomic mass is 9.78. The van der Waals surface area contributed by atoms with Gasteiger partial charge in [-0.05, 0) is 40.3 Å². The predicted octanol–water partition coefficient (Wildman–Crippen LogP) is -0.0574. The Balaban J connectivity index is 1.44. The van der Waals surface area contributed by atoms with Crippen molar-refractivity contribution < 1.29 is 33.8 Å². The number of nitrogens with zero attached hydrogens (tertiary/aromatic N) is 1. The molecule has 2 aromatic carbocycles. The van der Waals surface area contributed by atoms with Crippen LogP contribution in [0.5, 0.6) is 0 Å². The maximum atomic E-state index is 13.0. The second-order valence-corrected chi connectivity index (χ2v) is 8.33. The molecule has 0 unspecified atom stereocenters. The fraction of sp³-hybridized carbons (Fsp3) is 0.250. The smallest absolute Gasteiger partial charge is 0.480 e. The predicted molar refractivity (Wildman–Crippen MR) is 121 cm³/mol. The van der Waals surface area contributed by atoms with Crippen LogP contribution in [0.1, 0.15) is 31.8 Å². The second kappa shape index (κ2) is 9.74. The minimum absolute atomic E-state index is 0.0144. The van der Waals surface area contributed by atoms with Gasteiger partial charge in [-0.3, -0.25) is 14.4 Å². The molecular formula is C20H17B2Cl2N2O7. The number of nitrogens with one attached hydrogen (secondary N) is 1. The number of carboxylic acids is 1. The molecule has 0 spiro atoms. The van der Waals surface area contributed by atoms with Crippen LogP contribution in [-0.4, -0.2) is 67.0 Å². The van der Waals surface area contributed by atoms with Crippen molar-refractivity contribution in [1.29, 1.82) is 0 Å². The minimum atomic E-state index is -1.20. The van der Waals surface area contributed by atoms with Gasteiger partial charge in [-0.1, -0.05) is 29.3 Å². The maximum absolute atomic E-state index is 13.0. The van der Waals surface area contributed by atoms with Crippen molar-refractivity contribution >= 4 is 66.5 Å². The average molecular weight is 490 g/mol. The van der Waals surface area contributed by atoms with Crippen LogP contribution in [0.15, 0.2) is 24.3 Å². The van der Waals surface area contributed by atoms with Gasteiger partial charge in [-0.15, -0.1) is 0 Å². The molecule has 4 rings (SSSR count). The molecule has 0 atom stereocenters. The van der Waals surface area contributed by atoms with Crippen LogP contribution in [0.3, 0.4) is 0 Å². The van der Waals surface area contributed by atoms with Gasteiger partial charge in [0.05, 0.1) is 13.2 Å². The molecule has 2 heterocycles. The number of carbonyl (C=O) groups is 3. The highest BCUT2D eigenvalue weighted by atomic mass is 35.5. The second-order valence-electron chi connectivity index (χ2n) is 7.52. The van der Waals surface area contributed by atoms with Crippen molar-refractivity contribution in [1.82, 2.24) is 10.2 Å². The van der Waals surface area contributed by atoms with E-state index in [1.807, 2.05) is 0 Å². The highest BCUT2D eigenvalue weighted by Gasteiger charge is 2.30. The summed E-state index contributed by atoms with van der Waals surface area (Å²) in [5, 5.41) is 22.4. The summed E-state index contributed by atoms with van der Waals surface area (Å²) in [6.45, 7) is -0.170. The van der Waals surface area contributed by atoms with Crippen molar-refractivity contribution in [2.24, 2.45) is 0 Å². The largest absolute Gasteiger partial charge is 0.491 e. The van der Waals surface area contributed by atoms with Gasteiger partial charge >= 0.3 is 20.6 Å². The van der Waals surface area contributed by atoms with Gasteiger partial charge in [-0.2, -0.15) is 0 Å². The Bertz CT molecular complexity index is 1150. The maximum Gasteiger partial charge on any atom is 0.491 e. The molecule has 33 heavy (non-hydrogen) atoms.